The molecule has 0 aliphatic rings. The lowest BCUT2D eigenvalue weighted by Gasteiger charge is -2.19. The summed E-state index contributed by atoms with van der Waals surface area (Å²) in [6.07, 6.45) is 0. The molecule has 140 valence electrons. The zero-order valence-electron chi connectivity index (χ0n) is 15.0. The number of anilines is 1. The molecule has 0 spiro atoms. The van der Waals surface area contributed by atoms with Crippen molar-refractivity contribution in [2.24, 2.45) is 0 Å². The summed E-state index contributed by atoms with van der Waals surface area (Å²) < 4.78 is 33.5. The molecule has 3 aromatic rings. The highest BCUT2D eigenvalue weighted by Crippen LogP contribution is 2.34. The molecule has 4 nitrogen and oxygen atoms in total. The summed E-state index contributed by atoms with van der Waals surface area (Å²) in [6, 6.07) is 21.1. The highest BCUT2D eigenvalue weighted by molar-refractivity contribution is 7.92. The van der Waals surface area contributed by atoms with E-state index >= 15 is 0 Å². The first kappa shape index (κ1) is 19.3. The second-order valence-corrected chi connectivity index (χ2v) is 8.26. The van der Waals surface area contributed by atoms with Crippen molar-refractivity contribution in [2.75, 3.05) is 11.8 Å². The van der Waals surface area contributed by atoms with Crippen LogP contribution in [0.3, 0.4) is 0 Å². The van der Waals surface area contributed by atoms with Crippen molar-refractivity contribution in [3.8, 4) is 5.75 Å². The van der Waals surface area contributed by atoms with E-state index in [0.717, 1.165) is 11.1 Å². The molecular formula is C21H20ClNO3S. The third-order valence-corrected chi connectivity index (χ3v) is 6.03. The Morgan fingerprint density at radius 1 is 0.963 bits per heavy atom. The quantitative estimate of drug-likeness (QED) is 0.609. The van der Waals surface area contributed by atoms with Gasteiger partial charge in [0.15, 0.2) is 0 Å². The second-order valence-electron chi connectivity index (χ2n) is 6.14. The molecular weight excluding hydrogens is 382 g/mol. The van der Waals surface area contributed by atoms with E-state index in [0.29, 0.717) is 16.5 Å². The van der Waals surface area contributed by atoms with Gasteiger partial charge >= 0.3 is 0 Å². The van der Waals surface area contributed by atoms with Crippen LogP contribution in [-0.4, -0.2) is 15.5 Å². The Hall–Kier alpha value is -2.50. The molecule has 3 aromatic carbocycles. The number of hydrogen-bond donors (Lipinski definition) is 1. The van der Waals surface area contributed by atoms with Crippen molar-refractivity contribution in [1.29, 1.82) is 0 Å². The first-order valence-corrected chi connectivity index (χ1v) is 10.3. The average Bonchev–Trinajstić information content (AvgIpc) is 2.69. The Kier molecular flexibility index (Phi) is 5.73. The van der Waals surface area contributed by atoms with Crippen molar-refractivity contribution >= 4 is 27.3 Å². The molecule has 0 amide bonds. The summed E-state index contributed by atoms with van der Waals surface area (Å²) in [5, 5.41) is 0.654. The minimum absolute atomic E-state index is 0.0640. The highest BCUT2D eigenvalue weighted by atomic mass is 35.5. The van der Waals surface area contributed by atoms with E-state index in [1.165, 1.54) is 0 Å². The van der Waals surface area contributed by atoms with Gasteiger partial charge in [-0.15, -0.1) is 0 Å². The van der Waals surface area contributed by atoms with E-state index in [4.69, 9.17) is 16.3 Å². The first-order valence-electron chi connectivity index (χ1n) is 8.42. The number of hydrogen-bond acceptors (Lipinski definition) is 3. The molecule has 0 saturated heterocycles. The molecule has 0 saturated carbocycles. The van der Waals surface area contributed by atoms with E-state index in [9.17, 15) is 8.42 Å². The van der Waals surface area contributed by atoms with E-state index in [1.807, 2.05) is 37.3 Å². The maximum Gasteiger partial charge on any atom is 0.261 e. The Balaban J connectivity index is 2.02. The molecule has 6 heteroatoms. The van der Waals surface area contributed by atoms with E-state index in [2.05, 4.69) is 4.72 Å². The van der Waals surface area contributed by atoms with Crippen LogP contribution in [0.2, 0.25) is 5.02 Å². The van der Waals surface area contributed by atoms with Gasteiger partial charge in [-0.25, -0.2) is 8.42 Å². The van der Waals surface area contributed by atoms with Crippen LogP contribution in [0.4, 0.5) is 5.69 Å². The van der Waals surface area contributed by atoms with Gasteiger partial charge in [-0.05, 0) is 53.6 Å². The standard InChI is InChI=1S/C21H20ClNO3S/c1-15(16-8-10-17(22)11-9-16)20-14-18(26-2)12-13-21(20)23-27(24,25)19-6-4-3-5-7-19/h3-15,23H,1-2H3. The van der Waals surface area contributed by atoms with Crippen molar-refractivity contribution in [3.05, 3.63) is 88.9 Å². The average molecular weight is 402 g/mol. The predicted octanol–water partition coefficient (Wildman–Crippen LogP) is 5.30. The molecule has 27 heavy (non-hydrogen) atoms. The molecule has 0 fully saturated rings. The van der Waals surface area contributed by atoms with Crippen molar-refractivity contribution < 1.29 is 13.2 Å². The fraction of sp³-hybridized carbons (Fsp3) is 0.143. The largest absolute Gasteiger partial charge is 0.497 e. The number of sulfonamides is 1. The summed E-state index contributed by atoms with van der Waals surface area (Å²) >= 11 is 5.98. The molecule has 1 atom stereocenters. The lowest BCUT2D eigenvalue weighted by atomic mass is 9.92. The zero-order valence-corrected chi connectivity index (χ0v) is 16.6. The molecule has 0 aliphatic heterocycles. The van der Waals surface area contributed by atoms with Crippen LogP contribution < -0.4 is 9.46 Å². The molecule has 1 unspecified atom stereocenters. The van der Waals surface area contributed by atoms with Crippen LogP contribution in [0, 0.1) is 0 Å². The Labute approximate surface area is 164 Å². The molecule has 1 N–H and O–H groups in total. The van der Waals surface area contributed by atoms with E-state index in [1.54, 1.807) is 49.6 Å². The van der Waals surface area contributed by atoms with Crippen LogP contribution in [-0.2, 0) is 10.0 Å². The number of methoxy groups -OCH3 is 1. The van der Waals surface area contributed by atoms with Crippen LogP contribution >= 0.6 is 11.6 Å². The Morgan fingerprint density at radius 2 is 1.63 bits per heavy atom. The van der Waals surface area contributed by atoms with Crippen molar-refractivity contribution in [2.45, 2.75) is 17.7 Å². The van der Waals surface area contributed by atoms with Gasteiger partial charge in [0.05, 0.1) is 17.7 Å². The summed E-state index contributed by atoms with van der Waals surface area (Å²) in [4.78, 5) is 0.214. The third-order valence-electron chi connectivity index (χ3n) is 4.39. The van der Waals surface area contributed by atoms with Crippen LogP contribution in [0.5, 0.6) is 5.75 Å². The number of halogens is 1. The SMILES string of the molecule is COc1ccc(NS(=O)(=O)c2ccccc2)c(C(C)c2ccc(Cl)cc2)c1. The second kappa shape index (κ2) is 8.03. The van der Waals surface area contributed by atoms with Crippen molar-refractivity contribution in [3.63, 3.8) is 0 Å². The molecule has 3 rings (SSSR count). The van der Waals surface area contributed by atoms with Gasteiger partial charge in [-0.1, -0.05) is 48.9 Å². The van der Waals surface area contributed by atoms with Gasteiger partial charge in [-0.3, -0.25) is 4.72 Å². The van der Waals surface area contributed by atoms with Gasteiger partial charge in [-0.2, -0.15) is 0 Å². The van der Waals surface area contributed by atoms with Crippen LogP contribution in [0.25, 0.3) is 0 Å². The van der Waals surface area contributed by atoms with Gasteiger partial charge in [0.1, 0.15) is 5.75 Å². The van der Waals surface area contributed by atoms with Crippen LogP contribution in [0.1, 0.15) is 24.0 Å². The molecule has 0 radical (unpaired) electrons. The molecule has 0 bridgehead atoms. The van der Waals surface area contributed by atoms with Gasteiger partial charge in [0.2, 0.25) is 0 Å². The molecule has 0 aliphatic carbocycles. The van der Waals surface area contributed by atoms with Gasteiger partial charge in [0, 0.05) is 10.9 Å². The molecule has 0 heterocycles. The Morgan fingerprint density at radius 3 is 2.26 bits per heavy atom. The van der Waals surface area contributed by atoms with Crippen molar-refractivity contribution in [1.82, 2.24) is 0 Å². The summed E-state index contributed by atoms with van der Waals surface area (Å²) in [5.41, 5.74) is 2.35. The maximum atomic E-state index is 12.8. The predicted molar refractivity (Wildman–Crippen MR) is 109 cm³/mol. The number of rotatable bonds is 6. The third kappa shape index (κ3) is 4.43. The van der Waals surface area contributed by atoms with E-state index in [-0.39, 0.29) is 10.8 Å². The van der Waals surface area contributed by atoms with Crippen LogP contribution in [0.15, 0.2) is 77.7 Å². The fourth-order valence-electron chi connectivity index (χ4n) is 2.85. The lowest BCUT2D eigenvalue weighted by molar-refractivity contribution is 0.414. The summed E-state index contributed by atoms with van der Waals surface area (Å²) in [5.74, 6) is 0.597. The van der Waals surface area contributed by atoms with Gasteiger partial charge in [0.25, 0.3) is 10.0 Å². The highest BCUT2D eigenvalue weighted by Gasteiger charge is 2.19. The van der Waals surface area contributed by atoms with Gasteiger partial charge < -0.3 is 4.74 Å². The summed E-state index contributed by atoms with van der Waals surface area (Å²) in [7, 11) is -2.11. The normalized spacial score (nSPS) is 12.4. The maximum absolute atomic E-state index is 12.8. The Bertz CT molecular complexity index is 1020. The summed E-state index contributed by atoms with van der Waals surface area (Å²) in [6.45, 7) is 2.01. The minimum atomic E-state index is -3.69. The topological polar surface area (TPSA) is 55.4 Å². The number of nitrogens with one attached hydrogen (secondary N) is 1. The number of ether oxygens (including phenoxy) is 1. The fourth-order valence-corrected chi connectivity index (χ4v) is 4.09. The lowest BCUT2D eigenvalue weighted by Crippen LogP contribution is -2.15. The smallest absolute Gasteiger partial charge is 0.261 e. The number of benzene rings is 3. The minimum Gasteiger partial charge on any atom is -0.497 e. The first-order chi connectivity index (χ1) is 12.9. The molecule has 0 aromatic heterocycles. The monoisotopic (exact) mass is 401 g/mol. The zero-order chi connectivity index (χ0) is 19.4. The van der Waals surface area contributed by atoms with E-state index < -0.39 is 10.0 Å².